The lowest BCUT2D eigenvalue weighted by atomic mass is 10.1. The lowest BCUT2D eigenvalue weighted by Crippen LogP contribution is -2.11. The summed E-state index contributed by atoms with van der Waals surface area (Å²) in [6, 6.07) is 19.0. The topological polar surface area (TPSA) is 46.4 Å². The molecule has 1 N–H and O–H groups in total. The predicted molar refractivity (Wildman–Crippen MR) is 107 cm³/mol. The van der Waals surface area contributed by atoms with Crippen molar-refractivity contribution in [2.75, 3.05) is 5.32 Å². The molecule has 0 fully saturated rings. The Morgan fingerprint density at radius 3 is 2.65 bits per heavy atom. The molecule has 0 saturated carbocycles. The second-order valence-electron chi connectivity index (χ2n) is 6.09. The second-order valence-corrected chi connectivity index (χ2v) is 7.01. The van der Waals surface area contributed by atoms with Crippen LogP contribution in [0.15, 0.2) is 77.5 Å². The van der Waals surface area contributed by atoms with E-state index in [0.717, 1.165) is 32.6 Å². The van der Waals surface area contributed by atoms with Crippen molar-refractivity contribution in [1.29, 1.82) is 0 Å². The molecule has 4 aromatic rings. The molecule has 0 bridgehead atoms. The van der Waals surface area contributed by atoms with Crippen LogP contribution in [-0.2, 0) is 0 Å². The second kappa shape index (κ2) is 6.77. The van der Waals surface area contributed by atoms with Gasteiger partial charge in [-0.25, -0.2) is 4.98 Å². The molecule has 0 saturated heterocycles. The molecule has 1 amide bonds. The Labute approximate surface area is 159 Å². The molecular weight excluding hydrogens is 390 g/mol. The number of fused-ring (bicyclic) bond motifs is 1. The minimum Gasteiger partial charge on any atom is -0.322 e. The maximum Gasteiger partial charge on any atom is 0.255 e. The minimum absolute atomic E-state index is 0.138. The predicted octanol–water partition coefficient (Wildman–Crippen LogP) is 5.32. The van der Waals surface area contributed by atoms with Crippen LogP contribution in [0.5, 0.6) is 0 Å². The number of halogens is 1. The zero-order chi connectivity index (χ0) is 18.1. The highest BCUT2D eigenvalue weighted by molar-refractivity contribution is 9.10. The molecule has 0 unspecified atom stereocenters. The third-order valence-corrected chi connectivity index (χ3v) is 4.73. The number of benzene rings is 2. The summed E-state index contributed by atoms with van der Waals surface area (Å²) in [5.74, 6) is -0.138. The summed E-state index contributed by atoms with van der Waals surface area (Å²) in [5.41, 5.74) is 5.25. The normalized spacial score (nSPS) is 10.8. The zero-order valence-electron chi connectivity index (χ0n) is 14.1. The third kappa shape index (κ3) is 3.26. The maximum absolute atomic E-state index is 12.4. The van der Waals surface area contributed by atoms with Gasteiger partial charge in [0.25, 0.3) is 5.91 Å². The van der Waals surface area contributed by atoms with Crippen LogP contribution in [-0.4, -0.2) is 15.3 Å². The fraction of sp³-hybridized carbons (Fsp3) is 0.0476. The molecule has 0 atom stereocenters. The largest absolute Gasteiger partial charge is 0.322 e. The zero-order valence-corrected chi connectivity index (χ0v) is 15.7. The van der Waals surface area contributed by atoms with E-state index in [1.54, 1.807) is 12.1 Å². The first-order valence-electron chi connectivity index (χ1n) is 8.22. The first-order valence-corrected chi connectivity index (χ1v) is 9.01. The standard InChI is InChI=1S/C21H16BrN3O/c1-14-4-3-11-25-13-19(24-20(14)25)16-5-2-6-18(12-16)23-21(26)15-7-9-17(22)10-8-15/h2-13H,1H3,(H,23,26). The molecule has 26 heavy (non-hydrogen) atoms. The summed E-state index contributed by atoms with van der Waals surface area (Å²) in [6.45, 7) is 2.04. The smallest absolute Gasteiger partial charge is 0.255 e. The van der Waals surface area contributed by atoms with E-state index in [2.05, 4.69) is 21.2 Å². The van der Waals surface area contributed by atoms with Gasteiger partial charge < -0.3 is 9.72 Å². The average Bonchev–Trinajstić information content (AvgIpc) is 3.08. The van der Waals surface area contributed by atoms with E-state index in [4.69, 9.17) is 4.98 Å². The third-order valence-electron chi connectivity index (χ3n) is 4.20. The molecule has 0 radical (unpaired) electrons. The lowest BCUT2D eigenvalue weighted by molar-refractivity contribution is 0.102. The average molecular weight is 406 g/mol. The monoisotopic (exact) mass is 405 g/mol. The van der Waals surface area contributed by atoms with Gasteiger partial charge in [-0.05, 0) is 55.0 Å². The van der Waals surface area contributed by atoms with Crippen LogP contribution in [0, 0.1) is 6.92 Å². The van der Waals surface area contributed by atoms with Gasteiger partial charge in [-0.15, -0.1) is 0 Å². The molecule has 2 aromatic carbocycles. The SMILES string of the molecule is Cc1cccn2cc(-c3cccc(NC(=O)c4ccc(Br)cc4)c3)nc12. The van der Waals surface area contributed by atoms with Crippen LogP contribution in [0.3, 0.4) is 0 Å². The maximum atomic E-state index is 12.4. The molecular formula is C21H16BrN3O. The molecule has 5 heteroatoms. The summed E-state index contributed by atoms with van der Waals surface area (Å²) in [5, 5.41) is 2.94. The van der Waals surface area contributed by atoms with E-state index < -0.39 is 0 Å². The summed E-state index contributed by atoms with van der Waals surface area (Å²) < 4.78 is 2.95. The van der Waals surface area contributed by atoms with Crippen LogP contribution in [0.1, 0.15) is 15.9 Å². The fourth-order valence-corrected chi connectivity index (χ4v) is 3.12. The number of imidazole rings is 1. The van der Waals surface area contributed by atoms with Gasteiger partial charge in [0.05, 0.1) is 5.69 Å². The number of amides is 1. The molecule has 0 aliphatic rings. The molecule has 0 aliphatic heterocycles. The van der Waals surface area contributed by atoms with Gasteiger partial charge in [0.2, 0.25) is 0 Å². The Hall–Kier alpha value is -2.92. The van der Waals surface area contributed by atoms with Crippen molar-refractivity contribution in [1.82, 2.24) is 9.38 Å². The first kappa shape index (κ1) is 16.5. The van der Waals surface area contributed by atoms with Gasteiger partial charge in [-0.2, -0.15) is 0 Å². The van der Waals surface area contributed by atoms with Crippen LogP contribution in [0.2, 0.25) is 0 Å². The molecule has 4 nitrogen and oxygen atoms in total. The van der Waals surface area contributed by atoms with Crippen LogP contribution >= 0.6 is 15.9 Å². The minimum atomic E-state index is -0.138. The van der Waals surface area contributed by atoms with E-state index >= 15 is 0 Å². The number of aryl methyl sites for hydroxylation is 1. The van der Waals surface area contributed by atoms with E-state index in [-0.39, 0.29) is 5.91 Å². The highest BCUT2D eigenvalue weighted by Gasteiger charge is 2.09. The van der Waals surface area contributed by atoms with Crippen molar-refractivity contribution < 1.29 is 4.79 Å². The van der Waals surface area contributed by atoms with E-state index in [9.17, 15) is 4.79 Å². The van der Waals surface area contributed by atoms with Gasteiger partial charge in [0.15, 0.2) is 0 Å². The van der Waals surface area contributed by atoms with E-state index in [1.165, 1.54) is 0 Å². The highest BCUT2D eigenvalue weighted by atomic mass is 79.9. The summed E-state index contributed by atoms with van der Waals surface area (Å²) in [7, 11) is 0. The number of hydrogen-bond acceptors (Lipinski definition) is 2. The van der Waals surface area contributed by atoms with Crippen molar-refractivity contribution in [2.24, 2.45) is 0 Å². The molecule has 0 aliphatic carbocycles. The van der Waals surface area contributed by atoms with Crippen molar-refractivity contribution in [3.63, 3.8) is 0 Å². The molecule has 128 valence electrons. The summed E-state index contributed by atoms with van der Waals surface area (Å²) in [4.78, 5) is 17.1. The summed E-state index contributed by atoms with van der Waals surface area (Å²) >= 11 is 3.38. The van der Waals surface area contributed by atoms with Crippen LogP contribution in [0.4, 0.5) is 5.69 Å². The van der Waals surface area contributed by atoms with Gasteiger partial charge in [0.1, 0.15) is 5.65 Å². The van der Waals surface area contributed by atoms with Crippen molar-refractivity contribution >= 4 is 33.2 Å². The number of rotatable bonds is 3. The fourth-order valence-electron chi connectivity index (χ4n) is 2.85. The van der Waals surface area contributed by atoms with Gasteiger partial charge >= 0.3 is 0 Å². The Morgan fingerprint density at radius 2 is 1.88 bits per heavy atom. The number of nitrogens with zero attached hydrogens (tertiary/aromatic N) is 2. The number of carbonyl (C=O) groups excluding carboxylic acids is 1. The quantitative estimate of drug-likeness (QED) is 0.500. The Morgan fingerprint density at radius 1 is 1.08 bits per heavy atom. The van der Waals surface area contributed by atoms with Crippen LogP contribution in [0.25, 0.3) is 16.9 Å². The molecule has 0 spiro atoms. The number of hydrogen-bond donors (Lipinski definition) is 1. The van der Waals surface area contributed by atoms with Crippen LogP contribution < -0.4 is 5.32 Å². The van der Waals surface area contributed by atoms with Crippen molar-refractivity contribution in [3.05, 3.63) is 88.7 Å². The Bertz CT molecular complexity index is 1100. The van der Waals surface area contributed by atoms with Gasteiger partial charge in [0, 0.05) is 33.7 Å². The van der Waals surface area contributed by atoms with E-state index in [0.29, 0.717) is 5.56 Å². The molecule has 2 aromatic heterocycles. The summed E-state index contributed by atoms with van der Waals surface area (Å²) in [6.07, 6.45) is 3.98. The number of anilines is 1. The van der Waals surface area contributed by atoms with Gasteiger partial charge in [-0.3, -0.25) is 4.79 Å². The van der Waals surface area contributed by atoms with Crippen molar-refractivity contribution in [3.8, 4) is 11.3 Å². The number of aromatic nitrogens is 2. The first-order chi connectivity index (χ1) is 12.6. The number of carbonyl (C=O) groups is 1. The van der Waals surface area contributed by atoms with Gasteiger partial charge in [-0.1, -0.05) is 34.1 Å². The van der Waals surface area contributed by atoms with Crippen molar-refractivity contribution in [2.45, 2.75) is 6.92 Å². The molecule has 4 rings (SSSR count). The lowest BCUT2D eigenvalue weighted by Gasteiger charge is -2.07. The Balaban J connectivity index is 1.62. The number of pyridine rings is 1. The number of nitrogens with one attached hydrogen (secondary N) is 1. The highest BCUT2D eigenvalue weighted by Crippen LogP contribution is 2.24. The Kier molecular flexibility index (Phi) is 4.31. The molecule has 2 heterocycles. The van der Waals surface area contributed by atoms with E-state index in [1.807, 2.05) is 72.2 Å².